The number of hydrogen-bond donors (Lipinski definition) is 0. The summed E-state index contributed by atoms with van der Waals surface area (Å²) in [5.74, 6) is 0.310. The quantitative estimate of drug-likeness (QED) is 0.844. The molecule has 0 spiro atoms. The molecule has 3 rings (SSSR count). The van der Waals surface area contributed by atoms with Crippen molar-refractivity contribution >= 4 is 27.0 Å². The molecule has 0 unspecified atom stereocenters. The van der Waals surface area contributed by atoms with Gasteiger partial charge in [0, 0.05) is 18.0 Å². The van der Waals surface area contributed by atoms with E-state index >= 15 is 0 Å². The Labute approximate surface area is 147 Å². The summed E-state index contributed by atoms with van der Waals surface area (Å²) in [6.45, 7) is 5.41. The molecule has 0 fully saturated rings. The summed E-state index contributed by atoms with van der Waals surface area (Å²) in [5, 5.41) is -0.0164. The minimum absolute atomic E-state index is 0.0164. The number of nitrogens with zero attached hydrogens (tertiary/aromatic N) is 1. The number of aromatic nitrogens is 1. The molecule has 0 bridgehead atoms. The van der Waals surface area contributed by atoms with E-state index < -0.39 is 15.4 Å². The lowest BCUT2D eigenvalue weighted by Crippen LogP contribution is -2.29. The summed E-state index contributed by atoms with van der Waals surface area (Å²) in [5.41, 5.74) is 1.94. The Morgan fingerprint density at radius 2 is 1.60 bits per heavy atom. The number of sulfone groups is 1. The van der Waals surface area contributed by atoms with Crippen molar-refractivity contribution in [2.75, 3.05) is 6.26 Å². The summed E-state index contributed by atoms with van der Waals surface area (Å²) < 4.78 is 29.1. The lowest BCUT2D eigenvalue weighted by molar-refractivity contribution is -0.125. The van der Waals surface area contributed by atoms with E-state index in [0.29, 0.717) is 16.9 Å². The fourth-order valence-corrected chi connectivity index (χ4v) is 3.24. The van der Waals surface area contributed by atoms with Gasteiger partial charge in [-0.3, -0.25) is 4.79 Å². The lowest BCUT2D eigenvalue weighted by Gasteiger charge is -2.17. The van der Waals surface area contributed by atoms with E-state index in [1.807, 2.05) is 31.2 Å². The standard InChI is InChI=1S/C19H19NO4S/c1-12-5-7-13(8-6-12)16-17(24-19(2,3)18(16)21)14-9-10-15(20-11-14)25(4,22)23/h5-11H,1-4H3. The summed E-state index contributed by atoms with van der Waals surface area (Å²) in [6, 6.07) is 10.7. The first-order valence-electron chi connectivity index (χ1n) is 7.81. The highest BCUT2D eigenvalue weighted by molar-refractivity contribution is 7.90. The highest BCUT2D eigenvalue weighted by Gasteiger charge is 2.42. The molecule has 0 saturated heterocycles. The zero-order chi connectivity index (χ0) is 18.4. The Bertz CT molecular complexity index is 969. The molecule has 0 radical (unpaired) electrons. The van der Waals surface area contributed by atoms with Gasteiger partial charge in [-0.15, -0.1) is 0 Å². The number of Topliss-reactive ketones (excluding diaryl/α,β-unsaturated/α-hetero) is 1. The Morgan fingerprint density at radius 3 is 2.12 bits per heavy atom. The van der Waals surface area contributed by atoms with Crippen LogP contribution in [0.15, 0.2) is 47.6 Å². The van der Waals surface area contributed by atoms with Crippen LogP contribution in [0.3, 0.4) is 0 Å². The van der Waals surface area contributed by atoms with Crippen molar-refractivity contribution in [2.24, 2.45) is 0 Å². The van der Waals surface area contributed by atoms with Crippen LogP contribution < -0.4 is 0 Å². The summed E-state index contributed by atoms with van der Waals surface area (Å²) in [7, 11) is -3.38. The second-order valence-electron chi connectivity index (χ2n) is 6.67. The molecule has 0 saturated carbocycles. The van der Waals surface area contributed by atoms with E-state index in [-0.39, 0.29) is 10.8 Å². The number of hydrogen-bond acceptors (Lipinski definition) is 5. The van der Waals surface area contributed by atoms with Crippen molar-refractivity contribution in [2.45, 2.75) is 31.4 Å². The molecule has 1 aromatic carbocycles. The van der Waals surface area contributed by atoms with Crippen LogP contribution in [0.4, 0.5) is 0 Å². The Morgan fingerprint density at radius 1 is 1.00 bits per heavy atom. The minimum atomic E-state index is -3.38. The number of carbonyl (C=O) groups is 1. The van der Waals surface area contributed by atoms with Crippen molar-refractivity contribution in [1.82, 2.24) is 4.98 Å². The van der Waals surface area contributed by atoms with E-state index in [0.717, 1.165) is 17.4 Å². The predicted molar refractivity (Wildman–Crippen MR) is 95.5 cm³/mol. The third-order valence-corrected chi connectivity index (χ3v) is 5.08. The topological polar surface area (TPSA) is 73.3 Å². The SMILES string of the molecule is Cc1ccc(C2=C(c3ccc(S(C)(=O)=O)nc3)OC(C)(C)C2=O)cc1. The van der Waals surface area contributed by atoms with E-state index in [4.69, 9.17) is 4.74 Å². The van der Waals surface area contributed by atoms with Gasteiger partial charge in [-0.25, -0.2) is 13.4 Å². The highest BCUT2D eigenvalue weighted by Crippen LogP contribution is 2.41. The number of pyridine rings is 1. The number of aryl methyl sites for hydroxylation is 1. The smallest absolute Gasteiger partial charge is 0.210 e. The first kappa shape index (κ1) is 17.4. The fraction of sp³-hybridized carbons (Fsp3) is 0.263. The van der Waals surface area contributed by atoms with Crippen LogP contribution in [0.1, 0.15) is 30.5 Å². The number of carbonyl (C=O) groups excluding carboxylic acids is 1. The summed E-state index contributed by atoms with van der Waals surface area (Å²) >= 11 is 0. The van der Waals surface area contributed by atoms with E-state index in [1.54, 1.807) is 19.9 Å². The molecule has 2 heterocycles. The molecule has 2 aromatic rings. The maximum Gasteiger partial charge on any atom is 0.210 e. The summed E-state index contributed by atoms with van der Waals surface area (Å²) in [4.78, 5) is 16.8. The molecule has 0 atom stereocenters. The van der Waals surface area contributed by atoms with E-state index in [1.165, 1.54) is 12.3 Å². The zero-order valence-corrected chi connectivity index (χ0v) is 15.3. The molecule has 6 heteroatoms. The molecule has 130 valence electrons. The van der Waals surface area contributed by atoms with Gasteiger partial charge in [-0.2, -0.15) is 0 Å². The second-order valence-corrected chi connectivity index (χ2v) is 8.63. The van der Waals surface area contributed by atoms with Crippen molar-refractivity contribution < 1.29 is 17.9 Å². The molecule has 1 aliphatic rings. The maximum atomic E-state index is 12.8. The zero-order valence-electron chi connectivity index (χ0n) is 14.5. The van der Waals surface area contributed by atoms with Crippen molar-refractivity contribution in [3.05, 3.63) is 59.3 Å². The van der Waals surface area contributed by atoms with E-state index in [9.17, 15) is 13.2 Å². The monoisotopic (exact) mass is 357 g/mol. The molecule has 25 heavy (non-hydrogen) atoms. The van der Waals surface area contributed by atoms with Crippen LogP contribution in [0.25, 0.3) is 11.3 Å². The molecule has 0 aliphatic carbocycles. The molecular formula is C19H19NO4S. The van der Waals surface area contributed by atoms with Gasteiger partial charge in [0.1, 0.15) is 5.76 Å². The first-order valence-corrected chi connectivity index (χ1v) is 9.70. The molecule has 0 amide bonds. The van der Waals surface area contributed by atoms with Crippen molar-refractivity contribution in [3.63, 3.8) is 0 Å². The van der Waals surface area contributed by atoms with Gasteiger partial charge in [0.15, 0.2) is 20.5 Å². The van der Waals surface area contributed by atoms with Crippen LogP contribution in [-0.2, 0) is 19.4 Å². The lowest BCUT2D eigenvalue weighted by atomic mass is 9.92. The van der Waals surface area contributed by atoms with Gasteiger partial charge in [0.2, 0.25) is 5.78 Å². The molecular weight excluding hydrogens is 338 g/mol. The number of rotatable bonds is 3. The van der Waals surface area contributed by atoms with Gasteiger partial charge < -0.3 is 4.74 Å². The molecule has 1 aliphatic heterocycles. The second kappa shape index (κ2) is 5.81. The highest BCUT2D eigenvalue weighted by atomic mass is 32.2. The van der Waals surface area contributed by atoms with E-state index in [2.05, 4.69) is 4.98 Å². The third kappa shape index (κ3) is 3.22. The predicted octanol–water partition coefficient (Wildman–Crippen LogP) is 3.04. The number of ketones is 1. The number of ether oxygens (including phenoxy) is 1. The van der Waals surface area contributed by atoms with Gasteiger partial charge in [0.05, 0.1) is 5.57 Å². The Kier molecular flexibility index (Phi) is 4.03. The van der Waals surface area contributed by atoms with Gasteiger partial charge in [0.25, 0.3) is 0 Å². The molecule has 0 N–H and O–H groups in total. The van der Waals surface area contributed by atoms with Crippen LogP contribution in [0, 0.1) is 6.92 Å². The van der Waals surface area contributed by atoms with Crippen LogP contribution >= 0.6 is 0 Å². The van der Waals surface area contributed by atoms with Crippen LogP contribution in [0.2, 0.25) is 0 Å². The van der Waals surface area contributed by atoms with Crippen LogP contribution in [0.5, 0.6) is 0 Å². The number of benzene rings is 1. The van der Waals surface area contributed by atoms with Gasteiger partial charge >= 0.3 is 0 Å². The Hall–Kier alpha value is -2.47. The average molecular weight is 357 g/mol. The largest absolute Gasteiger partial charge is 0.478 e. The van der Waals surface area contributed by atoms with Crippen LogP contribution in [-0.4, -0.2) is 31.0 Å². The summed E-state index contributed by atoms with van der Waals surface area (Å²) in [6.07, 6.45) is 2.53. The van der Waals surface area contributed by atoms with Gasteiger partial charge in [-0.1, -0.05) is 29.8 Å². The molecule has 5 nitrogen and oxygen atoms in total. The first-order chi connectivity index (χ1) is 11.6. The maximum absolute atomic E-state index is 12.8. The fourth-order valence-electron chi connectivity index (χ4n) is 2.68. The average Bonchev–Trinajstić information content (AvgIpc) is 2.78. The Balaban J connectivity index is 2.15. The third-order valence-electron chi connectivity index (χ3n) is 4.08. The van der Waals surface area contributed by atoms with Gasteiger partial charge in [-0.05, 0) is 38.5 Å². The minimum Gasteiger partial charge on any atom is -0.478 e. The molecule has 1 aromatic heterocycles. The normalized spacial score (nSPS) is 16.9. The van der Waals surface area contributed by atoms with Crippen molar-refractivity contribution in [1.29, 1.82) is 0 Å². The van der Waals surface area contributed by atoms with Crippen molar-refractivity contribution in [3.8, 4) is 0 Å².